The van der Waals surface area contributed by atoms with E-state index in [0.29, 0.717) is 11.7 Å². The number of aromatic amines is 1. The number of carbonyl (C=O) groups is 1. The van der Waals surface area contributed by atoms with Gasteiger partial charge in [0, 0.05) is 5.56 Å². The van der Waals surface area contributed by atoms with Crippen molar-refractivity contribution in [2.24, 2.45) is 0 Å². The molecule has 0 radical (unpaired) electrons. The van der Waals surface area contributed by atoms with Crippen molar-refractivity contribution in [3.05, 3.63) is 54.1 Å². The van der Waals surface area contributed by atoms with Gasteiger partial charge in [0.25, 0.3) is 0 Å². The number of methoxy groups -OCH3 is 1. The molecule has 1 aromatic heterocycles. The van der Waals surface area contributed by atoms with Gasteiger partial charge >= 0.3 is 0 Å². The smallest absolute Gasteiger partial charge is 0.231 e. The van der Waals surface area contributed by atoms with Gasteiger partial charge in [-0.2, -0.15) is 0 Å². The first kappa shape index (κ1) is 13.2. The summed E-state index contributed by atoms with van der Waals surface area (Å²) in [5.41, 5.74) is 2.56. The number of amides is 1. The summed E-state index contributed by atoms with van der Waals surface area (Å²) in [6.07, 6.45) is 0.237. The van der Waals surface area contributed by atoms with E-state index in [1.165, 1.54) is 0 Å². The molecular weight excluding hydrogens is 266 g/mol. The third kappa shape index (κ3) is 2.86. The maximum Gasteiger partial charge on any atom is 0.231 e. The zero-order valence-electron chi connectivity index (χ0n) is 11.6. The van der Waals surface area contributed by atoms with E-state index in [-0.39, 0.29) is 12.3 Å². The predicted octanol–water partition coefficient (Wildman–Crippen LogP) is 2.75. The highest BCUT2D eigenvalue weighted by molar-refractivity contribution is 5.92. The third-order valence-corrected chi connectivity index (χ3v) is 3.19. The number of hydrogen-bond donors (Lipinski definition) is 2. The van der Waals surface area contributed by atoms with Gasteiger partial charge in [-0.25, -0.2) is 4.98 Å². The molecule has 1 heterocycles. The lowest BCUT2D eigenvalue weighted by molar-refractivity contribution is -0.115. The van der Waals surface area contributed by atoms with Crippen molar-refractivity contribution < 1.29 is 9.53 Å². The number of H-pyrrole nitrogens is 1. The summed E-state index contributed by atoms with van der Waals surface area (Å²) in [6.45, 7) is 0. The molecule has 0 aliphatic heterocycles. The number of carbonyl (C=O) groups excluding carboxylic acids is 1. The van der Waals surface area contributed by atoms with E-state index < -0.39 is 0 Å². The number of nitrogens with one attached hydrogen (secondary N) is 2. The molecule has 5 nitrogen and oxygen atoms in total. The fourth-order valence-electron chi connectivity index (χ4n) is 2.21. The number of nitrogens with zero attached hydrogens (tertiary/aromatic N) is 1. The lowest BCUT2D eigenvalue weighted by atomic mass is 10.1. The van der Waals surface area contributed by atoms with E-state index in [4.69, 9.17) is 4.74 Å². The highest BCUT2D eigenvalue weighted by atomic mass is 16.5. The van der Waals surface area contributed by atoms with Crippen molar-refractivity contribution in [1.29, 1.82) is 0 Å². The van der Waals surface area contributed by atoms with Crippen LogP contribution in [-0.4, -0.2) is 23.0 Å². The Balaban J connectivity index is 1.74. The number of rotatable bonds is 4. The average molecular weight is 281 g/mol. The van der Waals surface area contributed by atoms with Crippen LogP contribution >= 0.6 is 0 Å². The van der Waals surface area contributed by atoms with Gasteiger partial charge in [0.2, 0.25) is 11.9 Å². The summed E-state index contributed by atoms with van der Waals surface area (Å²) in [5.74, 6) is 1.02. The molecule has 2 aromatic carbocycles. The lowest BCUT2D eigenvalue weighted by Crippen LogP contribution is -2.15. The summed E-state index contributed by atoms with van der Waals surface area (Å²) >= 11 is 0. The van der Waals surface area contributed by atoms with Crippen LogP contribution in [0.4, 0.5) is 5.95 Å². The summed E-state index contributed by atoms with van der Waals surface area (Å²) in [4.78, 5) is 19.5. The third-order valence-electron chi connectivity index (χ3n) is 3.19. The fraction of sp³-hybridized carbons (Fsp3) is 0.125. The zero-order valence-corrected chi connectivity index (χ0v) is 11.6. The van der Waals surface area contributed by atoms with Gasteiger partial charge in [-0.1, -0.05) is 30.3 Å². The highest BCUT2D eigenvalue weighted by Crippen LogP contribution is 2.18. The Hall–Kier alpha value is -2.82. The maximum atomic E-state index is 12.1. The number of anilines is 1. The summed E-state index contributed by atoms with van der Waals surface area (Å²) < 4.78 is 5.24. The molecular formula is C16H15N3O2. The summed E-state index contributed by atoms with van der Waals surface area (Å²) in [6, 6.07) is 15.1. The Morgan fingerprint density at radius 1 is 1.19 bits per heavy atom. The average Bonchev–Trinajstić information content (AvgIpc) is 2.89. The summed E-state index contributed by atoms with van der Waals surface area (Å²) in [5, 5.41) is 2.77. The van der Waals surface area contributed by atoms with Gasteiger partial charge in [-0.05, 0) is 18.2 Å². The topological polar surface area (TPSA) is 67.0 Å². The van der Waals surface area contributed by atoms with E-state index in [1.54, 1.807) is 7.11 Å². The second kappa shape index (κ2) is 5.66. The molecule has 0 atom stereocenters. The Labute approximate surface area is 122 Å². The molecule has 0 spiro atoms. The molecule has 0 saturated heterocycles. The summed E-state index contributed by atoms with van der Waals surface area (Å²) in [7, 11) is 1.59. The first-order chi connectivity index (χ1) is 10.3. The Morgan fingerprint density at radius 2 is 1.95 bits per heavy atom. The lowest BCUT2D eigenvalue weighted by Gasteiger charge is -2.07. The first-order valence-electron chi connectivity index (χ1n) is 6.63. The molecule has 0 aliphatic carbocycles. The van der Waals surface area contributed by atoms with Crippen LogP contribution in [0.1, 0.15) is 5.56 Å². The zero-order chi connectivity index (χ0) is 14.7. The van der Waals surface area contributed by atoms with E-state index >= 15 is 0 Å². The van der Waals surface area contributed by atoms with Gasteiger partial charge < -0.3 is 9.72 Å². The van der Waals surface area contributed by atoms with Crippen molar-refractivity contribution in [3.8, 4) is 5.75 Å². The van der Waals surface area contributed by atoms with E-state index in [9.17, 15) is 4.79 Å². The van der Waals surface area contributed by atoms with Gasteiger partial charge in [0.15, 0.2) is 0 Å². The predicted molar refractivity (Wildman–Crippen MR) is 81.4 cm³/mol. The van der Waals surface area contributed by atoms with Crippen molar-refractivity contribution in [2.45, 2.75) is 6.42 Å². The quantitative estimate of drug-likeness (QED) is 0.772. The second-order valence-electron chi connectivity index (χ2n) is 4.64. The van der Waals surface area contributed by atoms with E-state index in [1.807, 2.05) is 48.5 Å². The molecule has 5 heteroatoms. The minimum Gasteiger partial charge on any atom is -0.496 e. The van der Waals surface area contributed by atoms with Crippen LogP contribution in [0.25, 0.3) is 11.0 Å². The van der Waals surface area contributed by atoms with Gasteiger partial charge in [-0.3, -0.25) is 10.1 Å². The molecule has 0 unspecified atom stereocenters. The molecule has 3 rings (SSSR count). The van der Waals surface area contributed by atoms with Crippen LogP contribution in [0.15, 0.2) is 48.5 Å². The first-order valence-corrected chi connectivity index (χ1v) is 6.63. The number of aromatic nitrogens is 2. The molecule has 0 aliphatic rings. The van der Waals surface area contributed by atoms with Gasteiger partial charge in [-0.15, -0.1) is 0 Å². The fourth-order valence-corrected chi connectivity index (χ4v) is 2.21. The Kier molecular flexibility index (Phi) is 3.55. The van der Waals surface area contributed by atoms with Crippen LogP contribution in [0.5, 0.6) is 5.75 Å². The number of fused-ring (bicyclic) bond motifs is 1. The van der Waals surface area contributed by atoms with Crippen LogP contribution in [0, 0.1) is 0 Å². The van der Waals surface area contributed by atoms with Crippen molar-refractivity contribution in [2.75, 3.05) is 12.4 Å². The molecule has 21 heavy (non-hydrogen) atoms. The van der Waals surface area contributed by atoms with Crippen LogP contribution in [0.3, 0.4) is 0 Å². The number of imidazole rings is 1. The molecule has 3 aromatic rings. The Morgan fingerprint density at radius 3 is 2.76 bits per heavy atom. The molecule has 0 bridgehead atoms. The van der Waals surface area contributed by atoms with E-state index in [2.05, 4.69) is 15.3 Å². The minimum atomic E-state index is -0.140. The van der Waals surface area contributed by atoms with Gasteiger partial charge in [0.05, 0.1) is 24.6 Å². The van der Waals surface area contributed by atoms with Crippen molar-refractivity contribution in [3.63, 3.8) is 0 Å². The van der Waals surface area contributed by atoms with E-state index in [0.717, 1.165) is 16.6 Å². The van der Waals surface area contributed by atoms with Crippen molar-refractivity contribution >= 4 is 22.9 Å². The number of hydrogen-bond acceptors (Lipinski definition) is 3. The maximum absolute atomic E-state index is 12.1. The second-order valence-corrected chi connectivity index (χ2v) is 4.64. The number of para-hydroxylation sites is 3. The molecule has 106 valence electrons. The SMILES string of the molecule is COc1ccccc1CC(=O)Nc1nc2ccccc2[nH]1. The van der Waals surface area contributed by atoms with Gasteiger partial charge in [0.1, 0.15) is 5.75 Å². The molecule has 0 fully saturated rings. The van der Waals surface area contributed by atoms with Crippen LogP contribution in [0.2, 0.25) is 0 Å². The van der Waals surface area contributed by atoms with Crippen molar-refractivity contribution in [1.82, 2.24) is 9.97 Å². The Bertz CT molecular complexity index is 747. The molecule has 2 N–H and O–H groups in total. The monoisotopic (exact) mass is 281 g/mol. The normalized spacial score (nSPS) is 10.5. The molecule has 0 saturated carbocycles. The minimum absolute atomic E-state index is 0.140. The van der Waals surface area contributed by atoms with Crippen LogP contribution in [-0.2, 0) is 11.2 Å². The standard InChI is InChI=1S/C16H15N3O2/c1-21-14-9-5-2-6-11(14)10-15(20)19-16-17-12-7-3-4-8-13(12)18-16/h2-9H,10H2,1H3,(H2,17,18,19,20). The molecule has 1 amide bonds. The number of ether oxygens (including phenoxy) is 1. The van der Waals surface area contributed by atoms with Crippen LogP contribution < -0.4 is 10.1 Å². The largest absolute Gasteiger partial charge is 0.496 e. The highest BCUT2D eigenvalue weighted by Gasteiger charge is 2.10. The number of benzene rings is 2.